The maximum absolute atomic E-state index is 12.1. The normalized spacial score (nSPS) is 22.8. The molecule has 1 aromatic rings. The summed E-state index contributed by atoms with van der Waals surface area (Å²) in [6, 6.07) is 5.91. The molecular weight excluding hydrogens is 228 g/mol. The maximum Gasteiger partial charge on any atom is 0.227 e. The van der Waals surface area contributed by atoms with Crippen molar-refractivity contribution >= 4 is 11.6 Å². The van der Waals surface area contributed by atoms with Crippen molar-refractivity contribution in [2.45, 2.75) is 32.2 Å². The molecule has 4 heteroatoms. The highest BCUT2D eigenvalue weighted by Gasteiger charge is 2.28. The molecule has 98 valence electrons. The van der Waals surface area contributed by atoms with Crippen LogP contribution in [0, 0.1) is 12.8 Å². The second-order valence-corrected chi connectivity index (χ2v) is 4.96. The first-order chi connectivity index (χ1) is 8.60. The van der Waals surface area contributed by atoms with Crippen LogP contribution in [0.3, 0.4) is 0 Å². The summed E-state index contributed by atoms with van der Waals surface area (Å²) < 4.78 is 5.27. The Kier molecular flexibility index (Phi) is 3.87. The second-order valence-electron chi connectivity index (χ2n) is 4.96. The predicted molar refractivity (Wildman–Crippen MR) is 71.7 cm³/mol. The molecule has 0 aliphatic heterocycles. The molecular formula is C14H20N2O2. The van der Waals surface area contributed by atoms with Crippen molar-refractivity contribution in [1.82, 2.24) is 0 Å². The smallest absolute Gasteiger partial charge is 0.227 e. The number of methoxy groups -OCH3 is 1. The van der Waals surface area contributed by atoms with E-state index in [2.05, 4.69) is 5.32 Å². The standard InChI is InChI=1S/C14H20N2O2/c1-9-3-6-12(13(7-9)18-2)16-14(17)10-4-5-11(15)8-10/h3,6-7,10-11H,4-5,8,15H2,1-2H3,(H,16,17). The Morgan fingerprint density at radius 3 is 2.83 bits per heavy atom. The fourth-order valence-electron chi connectivity index (χ4n) is 2.39. The summed E-state index contributed by atoms with van der Waals surface area (Å²) in [4.78, 5) is 12.1. The Hall–Kier alpha value is -1.55. The lowest BCUT2D eigenvalue weighted by molar-refractivity contribution is -0.119. The van der Waals surface area contributed by atoms with Gasteiger partial charge in [0.1, 0.15) is 5.75 Å². The lowest BCUT2D eigenvalue weighted by Crippen LogP contribution is -2.23. The van der Waals surface area contributed by atoms with E-state index in [0.717, 1.165) is 30.5 Å². The zero-order chi connectivity index (χ0) is 13.1. The molecule has 1 fully saturated rings. The van der Waals surface area contributed by atoms with Gasteiger partial charge in [-0.05, 0) is 43.9 Å². The minimum absolute atomic E-state index is 0.0333. The lowest BCUT2D eigenvalue weighted by Gasteiger charge is -2.14. The van der Waals surface area contributed by atoms with Crippen molar-refractivity contribution in [3.63, 3.8) is 0 Å². The third-order valence-electron chi connectivity index (χ3n) is 3.46. The molecule has 2 atom stereocenters. The fourth-order valence-corrected chi connectivity index (χ4v) is 2.39. The highest BCUT2D eigenvalue weighted by atomic mass is 16.5. The van der Waals surface area contributed by atoms with E-state index in [-0.39, 0.29) is 17.9 Å². The Bertz CT molecular complexity index is 445. The van der Waals surface area contributed by atoms with Gasteiger partial charge in [0.25, 0.3) is 0 Å². The Balaban J connectivity index is 2.07. The minimum atomic E-state index is 0.0333. The Labute approximate surface area is 108 Å². The van der Waals surface area contributed by atoms with Gasteiger partial charge in [-0.15, -0.1) is 0 Å². The van der Waals surface area contributed by atoms with Gasteiger partial charge < -0.3 is 15.8 Å². The number of nitrogens with one attached hydrogen (secondary N) is 1. The number of carbonyl (C=O) groups is 1. The monoisotopic (exact) mass is 248 g/mol. The summed E-state index contributed by atoms with van der Waals surface area (Å²) in [6.45, 7) is 1.99. The molecule has 0 heterocycles. The minimum Gasteiger partial charge on any atom is -0.495 e. The molecule has 1 saturated carbocycles. The van der Waals surface area contributed by atoms with Gasteiger partial charge in [0.2, 0.25) is 5.91 Å². The van der Waals surface area contributed by atoms with E-state index < -0.39 is 0 Å². The van der Waals surface area contributed by atoms with Crippen LogP contribution in [0.4, 0.5) is 5.69 Å². The molecule has 3 N–H and O–H groups in total. The Morgan fingerprint density at radius 1 is 1.44 bits per heavy atom. The van der Waals surface area contributed by atoms with Gasteiger partial charge in [0.15, 0.2) is 0 Å². The molecule has 0 saturated heterocycles. The van der Waals surface area contributed by atoms with Crippen LogP contribution in [0.5, 0.6) is 5.75 Å². The maximum atomic E-state index is 12.1. The van der Waals surface area contributed by atoms with Gasteiger partial charge in [-0.25, -0.2) is 0 Å². The summed E-state index contributed by atoms with van der Waals surface area (Å²) in [6.07, 6.45) is 2.59. The van der Waals surface area contributed by atoms with Gasteiger partial charge >= 0.3 is 0 Å². The van der Waals surface area contributed by atoms with E-state index in [4.69, 9.17) is 10.5 Å². The first kappa shape index (κ1) is 12.9. The van der Waals surface area contributed by atoms with Crippen LogP contribution in [-0.4, -0.2) is 19.1 Å². The third kappa shape index (κ3) is 2.82. The van der Waals surface area contributed by atoms with Crippen LogP contribution in [0.2, 0.25) is 0 Å². The van der Waals surface area contributed by atoms with Gasteiger partial charge in [-0.3, -0.25) is 4.79 Å². The average molecular weight is 248 g/mol. The molecule has 0 radical (unpaired) electrons. The number of benzene rings is 1. The number of hydrogen-bond acceptors (Lipinski definition) is 3. The van der Waals surface area contributed by atoms with E-state index in [1.165, 1.54) is 0 Å². The number of ether oxygens (including phenoxy) is 1. The van der Waals surface area contributed by atoms with Crippen LogP contribution in [0.25, 0.3) is 0 Å². The van der Waals surface area contributed by atoms with Crippen molar-refractivity contribution in [3.8, 4) is 5.75 Å². The van der Waals surface area contributed by atoms with Crippen molar-refractivity contribution in [2.24, 2.45) is 11.7 Å². The summed E-state index contributed by atoms with van der Waals surface area (Å²) in [7, 11) is 1.61. The molecule has 0 aromatic heterocycles. The molecule has 1 amide bonds. The van der Waals surface area contributed by atoms with Crippen LogP contribution in [0.1, 0.15) is 24.8 Å². The topological polar surface area (TPSA) is 64.3 Å². The third-order valence-corrected chi connectivity index (χ3v) is 3.46. The van der Waals surface area contributed by atoms with Crippen LogP contribution >= 0.6 is 0 Å². The lowest BCUT2D eigenvalue weighted by atomic mass is 10.1. The van der Waals surface area contributed by atoms with E-state index >= 15 is 0 Å². The van der Waals surface area contributed by atoms with Crippen molar-refractivity contribution in [3.05, 3.63) is 23.8 Å². The predicted octanol–water partition coefficient (Wildman–Crippen LogP) is 2.07. The first-order valence-corrected chi connectivity index (χ1v) is 6.31. The van der Waals surface area contributed by atoms with E-state index in [1.807, 2.05) is 25.1 Å². The van der Waals surface area contributed by atoms with Crippen molar-refractivity contribution in [2.75, 3.05) is 12.4 Å². The molecule has 1 aromatic carbocycles. The van der Waals surface area contributed by atoms with E-state index in [1.54, 1.807) is 7.11 Å². The number of anilines is 1. The number of aryl methyl sites for hydroxylation is 1. The zero-order valence-electron chi connectivity index (χ0n) is 10.9. The van der Waals surface area contributed by atoms with Gasteiger partial charge in [0.05, 0.1) is 12.8 Å². The second kappa shape index (κ2) is 5.40. The highest BCUT2D eigenvalue weighted by Crippen LogP contribution is 2.29. The van der Waals surface area contributed by atoms with Crippen LogP contribution < -0.4 is 15.8 Å². The van der Waals surface area contributed by atoms with Crippen molar-refractivity contribution < 1.29 is 9.53 Å². The molecule has 2 rings (SSSR count). The number of nitrogens with two attached hydrogens (primary N) is 1. The number of hydrogen-bond donors (Lipinski definition) is 2. The summed E-state index contributed by atoms with van der Waals surface area (Å²) in [5, 5.41) is 2.93. The molecule has 2 unspecified atom stereocenters. The summed E-state index contributed by atoms with van der Waals surface area (Å²) in [5.74, 6) is 0.779. The number of rotatable bonds is 3. The van der Waals surface area contributed by atoms with Crippen molar-refractivity contribution in [1.29, 1.82) is 0 Å². The summed E-state index contributed by atoms with van der Waals surface area (Å²) >= 11 is 0. The number of carbonyl (C=O) groups excluding carboxylic acids is 1. The van der Waals surface area contributed by atoms with Gasteiger partial charge in [-0.2, -0.15) is 0 Å². The summed E-state index contributed by atoms with van der Waals surface area (Å²) in [5.41, 5.74) is 7.66. The first-order valence-electron chi connectivity index (χ1n) is 6.31. The Morgan fingerprint density at radius 2 is 2.22 bits per heavy atom. The molecule has 18 heavy (non-hydrogen) atoms. The van der Waals surface area contributed by atoms with Gasteiger partial charge in [-0.1, -0.05) is 6.07 Å². The number of amides is 1. The molecule has 1 aliphatic carbocycles. The molecule has 0 bridgehead atoms. The van der Waals surface area contributed by atoms with Crippen LogP contribution in [0.15, 0.2) is 18.2 Å². The SMILES string of the molecule is COc1cc(C)ccc1NC(=O)C1CCC(N)C1. The molecule has 1 aliphatic rings. The van der Waals surface area contributed by atoms with E-state index in [0.29, 0.717) is 5.75 Å². The van der Waals surface area contributed by atoms with Crippen LogP contribution in [-0.2, 0) is 4.79 Å². The molecule has 4 nitrogen and oxygen atoms in total. The zero-order valence-corrected chi connectivity index (χ0v) is 10.9. The highest BCUT2D eigenvalue weighted by molar-refractivity contribution is 5.94. The average Bonchev–Trinajstić information content (AvgIpc) is 2.78. The largest absolute Gasteiger partial charge is 0.495 e. The van der Waals surface area contributed by atoms with E-state index in [9.17, 15) is 4.79 Å². The fraction of sp³-hybridized carbons (Fsp3) is 0.500. The quantitative estimate of drug-likeness (QED) is 0.860. The molecule has 0 spiro atoms. The van der Waals surface area contributed by atoms with Gasteiger partial charge in [0, 0.05) is 12.0 Å².